The maximum Gasteiger partial charge on any atom is 0.338 e. The molecule has 20 atom stereocenters. The largest absolute Gasteiger partial charge is 0.459 e. The summed E-state index contributed by atoms with van der Waals surface area (Å²) in [7, 11) is 0. The summed E-state index contributed by atoms with van der Waals surface area (Å²) in [5.74, 6) is -12.0. The fourth-order valence-corrected chi connectivity index (χ4v) is 14.4. The van der Waals surface area contributed by atoms with Crippen molar-refractivity contribution < 1.29 is 149 Å². The molecule has 10 aromatic carbocycles. The summed E-state index contributed by atoms with van der Waals surface area (Å²) in [5, 5.41) is 39.6. The maximum atomic E-state index is 15.6. The van der Waals surface area contributed by atoms with Crippen LogP contribution in [0.3, 0.4) is 0 Å². The third-order valence-corrected chi connectivity index (χ3v) is 20.8. The number of nitrogens with one attached hydrogen (secondary N) is 1. The number of hydrogen-bond acceptors (Lipinski definition) is 31. The highest BCUT2D eigenvalue weighted by atomic mass is 16.8. The summed E-state index contributed by atoms with van der Waals surface area (Å²) in [6, 6.07) is 71.8. The molecule has 1 amide bonds. The Bertz CT molecular complexity index is 5410. The van der Waals surface area contributed by atoms with Crippen LogP contribution in [0.1, 0.15) is 111 Å². The van der Waals surface area contributed by atoms with Gasteiger partial charge < -0.3 is 101 Å². The number of aliphatic hydroxyl groups is 3. The van der Waals surface area contributed by atoms with Crippen LogP contribution in [0.5, 0.6) is 0 Å². The van der Waals surface area contributed by atoms with Gasteiger partial charge in [-0.15, -0.1) is 0 Å². The van der Waals surface area contributed by atoms with Gasteiger partial charge in [0.1, 0.15) is 87.4 Å². The Morgan fingerprint density at radius 3 is 0.812 bits per heavy atom. The van der Waals surface area contributed by atoms with Crippen LogP contribution >= 0.6 is 0 Å². The predicted molar refractivity (Wildman–Crippen MR) is 442 cm³/mol. The van der Waals surface area contributed by atoms with Gasteiger partial charge in [0.15, 0.2) is 61.8 Å². The molecule has 128 heavy (non-hydrogen) atoms. The van der Waals surface area contributed by atoms with Crippen molar-refractivity contribution >= 4 is 65.6 Å². The lowest BCUT2D eigenvalue weighted by Gasteiger charge is -2.51. The molecule has 32 nitrogen and oxygen atoms in total. The zero-order valence-corrected chi connectivity index (χ0v) is 68.0. The first-order valence-electron chi connectivity index (χ1n) is 40.5. The molecule has 4 fully saturated rings. The van der Waals surface area contributed by atoms with Crippen molar-refractivity contribution in [2.24, 2.45) is 0 Å². The van der Waals surface area contributed by atoms with E-state index in [0.29, 0.717) is 0 Å². The van der Waals surface area contributed by atoms with E-state index in [4.69, 9.17) is 80.5 Å². The first-order chi connectivity index (χ1) is 62.2. The number of hydrogen-bond donors (Lipinski definition) is 4. The lowest BCUT2D eigenvalue weighted by molar-refractivity contribution is -0.377. The van der Waals surface area contributed by atoms with Gasteiger partial charge in [0.25, 0.3) is 0 Å². The number of carbonyl (C=O) groups excluding carboxylic acids is 11. The first kappa shape index (κ1) is 90.2. The summed E-state index contributed by atoms with van der Waals surface area (Å²) in [5.41, 5.74) is -0.842. The fourth-order valence-electron chi connectivity index (χ4n) is 14.4. The number of rotatable bonds is 31. The average molecular weight is 1750 g/mol. The van der Waals surface area contributed by atoms with Crippen molar-refractivity contribution in [3.63, 3.8) is 0 Å². The van der Waals surface area contributed by atoms with Crippen molar-refractivity contribution in [2.75, 3.05) is 26.4 Å². The smallest absolute Gasteiger partial charge is 0.338 e. The topological polar surface area (TPSA) is 417 Å². The third kappa shape index (κ3) is 22.8. The SMILES string of the molecule is CC(=O)N[C@H]1C(OC(=O)c2ccccc2)[C@H](O[C@@H]2OC(COC(=O)c3ccccc3)[C@H](O)C(O)[C@@H]2OC(=O)c2ccccc2)C(COC(=O)c2ccccc2)O[C@H]1OC1[C@@H](OC(=O)c2ccccc2)C(COC(=O)c2ccccc2)O[C@@H](O[C@@H]2C(COC(=O)c3ccccc3)O[C@@H](O)C(OC(=O)c3ccccc3)[C@H]2OC(=O)c2ccccc2)[C@H]1OC(=O)c1ccccc1. The summed E-state index contributed by atoms with van der Waals surface area (Å²) >= 11 is 0. The molecular weight excluding hydrogens is 1660 g/mol. The molecule has 0 bridgehead atoms. The summed E-state index contributed by atoms with van der Waals surface area (Å²) in [4.78, 5) is 162. The van der Waals surface area contributed by atoms with Crippen LogP contribution in [0, 0.1) is 0 Å². The zero-order chi connectivity index (χ0) is 89.6. The van der Waals surface area contributed by atoms with E-state index in [1.165, 1.54) is 218 Å². The van der Waals surface area contributed by atoms with Crippen LogP contribution in [-0.2, 0) is 85.3 Å². The molecule has 4 heterocycles. The molecule has 0 spiro atoms. The van der Waals surface area contributed by atoms with Gasteiger partial charge in [-0.25, -0.2) is 47.9 Å². The zero-order valence-electron chi connectivity index (χ0n) is 68.0. The van der Waals surface area contributed by atoms with Crippen LogP contribution in [-0.4, -0.2) is 230 Å². The summed E-state index contributed by atoms with van der Waals surface area (Å²) < 4.78 is 110. The summed E-state index contributed by atoms with van der Waals surface area (Å²) in [6.07, 6.45) is -41.4. The number of carbonyl (C=O) groups is 11. The van der Waals surface area contributed by atoms with Crippen molar-refractivity contribution in [1.82, 2.24) is 5.32 Å². The molecule has 8 unspecified atom stereocenters. The molecule has 4 aliphatic rings. The van der Waals surface area contributed by atoms with Crippen molar-refractivity contribution in [2.45, 2.75) is 130 Å². The molecule has 10 aromatic rings. The highest BCUT2D eigenvalue weighted by Crippen LogP contribution is 2.41. The van der Waals surface area contributed by atoms with E-state index in [9.17, 15) is 53.7 Å². The molecule has 32 heteroatoms. The highest BCUT2D eigenvalue weighted by molar-refractivity contribution is 5.94. The molecule has 4 saturated heterocycles. The van der Waals surface area contributed by atoms with Crippen molar-refractivity contribution in [3.8, 4) is 0 Å². The van der Waals surface area contributed by atoms with Crippen LogP contribution in [0.2, 0.25) is 0 Å². The van der Waals surface area contributed by atoms with E-state index < -0.39 is 215 Å². The molecule has 14 rings (SSSR count). The first-order valence-corrected chi connectivity index (χ1v) is 40.5. The van der Waals surface area contributed by atoms with Crippen LogP contribution in [0.25, 0.3) is 0 Å². The number of amides is 1. The van der Waals surface area contributed by atoms with Crippen molar-refractivity contribution in [1.29, 1.82) is 0 Å². The van der Waals surface area contributed by atoms with E-state index >= 15 is 14.4 Å². The van der Waals surface area contributed by atoms with E-state index in [2.05, 4.69) is 5.32 Å². The molecule has 4 aliphatic heterocycles. The van der Waals surface area contributed by atoms with Gasteiger partial charge in [0.05, 0.1) is 55.6 Å². The Morgan fingerprint density at radius 2 is 0.477 bits per heavy atom. The number of benzene rings is 10. The molecule has 660 valence electrons. The van der Waals surface area contributed by atoms with Crippen molar-refractivity contribution in [3.05, 3.63) is 359 Å². The Balaban J connectivity index is 0.955. The van der Waals surface area contributed by atoms with E-state index in [-0.39, 0.29) is 55.6 Å². The highest BCUT2D eigenvalue weighted by Gasteiger charge is 2.61. The normalized spacial score (nSPS) is 25.3. The monoisotopic (exact) mass is 1750 g/mol. The fraction of sp³-hybridized carbons (Fsp3) is 0.260. The Hall–Kier alpha value is -14.0. The standard InChI is InChI=1S/C96H85NO31/c1-56(98)97-71-77(121-88(106)62-42-22-7-23-43-62)74(126-95-78(122-89(107)63-44-24-8-25-45-63)73(100)72(99)67(117-95)52-112-83(101)57-32-12-2-13-33-57)69(54-114-85(103)59-36-16-4-17-37-59)118-94(71)128-80-75(120-87(105)61-40-20-6-21-41-61)70(55-115-86(104)60-38-18-5-19-39-60)119-96(82(80)125-92(110)66-50-30-11-31-51-66)127-76-68(53-113-84(102)58-34-14-3-15-35-58)116-93(111)81(124-91(109)65-48-28-10-29-49-65)79(76)123-90(108)64-46-26-9-27-47-64/h2-51,67-82,93-96,99-100,111H,52-55H2,1H3,(H,97,98)/t67?,68?,69?,70?,71-,72-,73?,74+,75-,76+,77?,78-,79-,80?,81?,82-,93+,94-,95-,96-/m0/s1. The van der Waals surface area contributed by atoms with Gasteiger partial charge in [0, 0.05) is 6.92 Å². The Labute approximate surface area is 731 Å². The van der Waals surface area contributed by atoms with Crippen LogP contribution in [0.4, 0.5) is 0 Å². The van der Waals surface area contributed by atoms with E-state index in [1.54, 1.807) is 84.9 Å². The second-order valence-corrected chi connectivity index (χ2v) is 29.5. The van der Waals surface area contributed by atoms with Gasteiger partial charge in [-0.3, -0.25) is 4.79 Å². The average Bonchev–Trinajstić information content (AvgIpc) is 0.753. The predicted octanol–water partition coefficient (Wildman–Crippen LogP) is 9.04. The minimum atomic E-state index is -2.44. The Morgan fingerprint density at radius 1 is 0.242 bits per heavy atom. The lowest BCUT2D eigenvalue weighted by Crippen LogP contribution is -2.71. The van der Waals surface area contributed by atoms with Gasteiger partial charge in [0.2, 0.25) is 5.91 Å². The molecule has 0 saturated carbocycles. The van der Waals surface area contributed by atoms with Gasteiger partial charge >= 0.3 is 59.7 Å². The van der Waals surface area contributed by atoms with Gasteiger partial charge in [-0.2, -0.15) is 0 Å². The molecule has 0 aromatic heterocycles. The number of ether oxygens (including phenoxy) is 17. The minimum Gasteiger partial charge on any atom is -0.459 e. The third-order valence-electron chi connectivity index (χ3n) is 20.8. The van der Waals surface area contributed by atoms with E-state index in [1.807, 2.05) is 0 Å². The molecule has 0 aliphatic carbocycles. The number of aliphatic hydroxyl groups excluding tert-OH is 3. The molecule has 0 radical (unpaired) electrons. The van der Waals surface area contributed by atoms with E-state index in [0.717, 1.165) is 6.92 Å². The maximum absolute atomic E-state index is 15.6. The molecular formula is C96H85NO31. The van der Waals surface area contributed by atoms with Gasteiger partial charge in [-0.05, 0) is 121 Å². The second kappa shape index (κ2) is 43.2. The minimum absolute atomic E-state index is 0.00621. The Kier molecular flexibility index (Phi) is 30.5. The quantitative estimate of drug-likeness (QED) is 0.0232. The van der Waals surface area contributed by atoms with Gasteiger partial charge in [-0.1, -0.05) is 182 Å². The lowest BCUT2D eigenvalue weighted by atomic mass is 9.93. The second-order valence-electron chi connectivity index (χ2n) is 29.5. The summed E-state index contributed by atoms with van der Waals surface area (Å²) in [6.45, 7) is -2.81. The van der Waals surface area contributed by atoms with Crippen LogP contribution < -0.4 is 5.32 Å². The number of esters is 10. The van der Waals surface area contributed by atoms with Crippen LogP contribution in [0.15, 0.2) is 303 Å². The molecule has 4 N–H and O–H groups in total.